The van der Waals surface area contributed by atoms with Crippen LogP contribution in [-0.4, -0.2) is 12.5 Å². The second-order valence-electron chi connectivity index (χ2n) is 4.74. The summed E-state index contributed by atoms with van der Waals surface area (Å²) in [6.45, 7) is 2.88. The fraction of sp³-hybridized carbons (Fsp3) is 0.235. The molecule has 0 bridgehead atoms. The first kappa shape index (κ1) is 14.1. The third kappa shape index (κ3) is 3.18. The first-order chi connectivity index (χ1) is 9.74. The number of para-hydroxylation sites is 1. The van der Waals surface area contributed by atoms with Gasteiger partial charge in [-0.3, -0.25) is 4.79 Å². The maximum Gasteiger partial charge on any atom is 0.244 e. The van der Waals surface area contributed by atoms with Gasteiger partial charge in [-0.2, -0.15) is 0 Å². The molecule has 0 saturated carbocycles. The predicted molar refractivity (Wildman–Crippen MR) is 82.5 cm³/mol. The molecule has 0 aliphatic heterocycles. The Morgan fingerprint density at radius 1 is 1.05 bits per heavy atom. The Hall–Kier alpha value is -2.29. The maximum absolute atomic E-state index is 12.0. The summed E-state index contributed by atoms with van der Waals surface area (Å²) in [4.78, 5) is 14.0. The van der Waals surface area contributed by atoms with Crippen molar-refractivity contribution < 1.29 is 4.79 Å². The molecule has 2 rings (SSSR count). The van der Waals surface area contributed by atoms with Crippen LogP contribution in [0.1, 0.15) is 24.9 Å². The van der Waals surface area contributed by atoms with Crippen LogP contribution in [0, 0.1) is 0 Å². The van der Waals surface area contributed by atoms with Crippen LogP contribution in [0.25, 0.3) is 0 Å². The van der Waals surface area contributed by atoms with E-state index in [1.807, 2.05) is 60.7 Å². The second-order valence-corrected chi connectivity index (χ2v) is 4.74. The first-order valence-corrected chi connectivity index (χ1v) is 6.90. The van der Waals surface area contributed by atoms with Crippen molar-refractivity contribution in [1.82, 2.24) is 0 Å². The molecule has 2 aromatic rings. The normalized spacial score (nSPS) is 11.8. The molecule has 0 radical (unpaired) electrons. The fourth-order valence-corrected chi connectivity index (χ4v) is 2.40. The molecule has 3 nitrogen and oxygen atoms in total. The van der Waals surface area contributed by atoms with Crippen LogP contribution >= 0.6 is 0 Å². The Kier molecular flexibility index (Phi) is 4.77. The Balaban J connectivity index is 2.41. The van der Waals surface area contributed by atoms with Crippen LogP contribution in [0.4, 0.5) is 5.69 Å². The van der Waals surface area contributed by atoms with Crippen LogP contribution in [0.15, 0.2) is 60.7 Å². The number of nitrogens with two attached hydrogens (primary N) is 1. The summed E-state index contributed by atoms with van der Waals surface area (Å²) in [5.41, 5.74) is 7.60. The monoisotopic (exact) mass is 268 g/mol. The summed E-state index contributed by atoms with van der Waals surface area (Å²) in [5, 5.41) is 0. The van der Waals surface area contributed by atoms with Crippen LogP contribution in [0.5, 0.6) is 0 Å². The number of benzene rings is 2. The van der Waals surface area contributed by atoms with E-state index in [0.717, 1.165) is 24.2 Å². The molecule has 104 valence electrons. The quantitative estimate of drug-likeness (QED) is 0.875. The van der Waals surface area contributed by atoms with Gasteiger partial charge in [0.15, 0.2) is 0 Å². The molecule has 0 aliphatic rings. The first-order valence-electron chi connectivity index (χ1n) is 6.90. The molecule has 1 amide bonds. The Bertz CT molecular complexity index is 539. The van der Waals surface area contributed by atoms with E-state index in [1.165, 1.54) is 0 Å². The number of anilines is 1. The second kappa shape index (κ2) is 6.75. The minimum atomic E-state index is -0.432. The zero-order valence-electron chi connectivity index (χ0n) is 11.7. The highest BCUT2D eigenvalue weighted by Crippen LogP contribution is 2.27. The van der Waals surface area contributed by atoms with E-state index in [2.05, 4.69) is 11.8 Å². The number of nitrogens with zero attached hydrogens (tertiary/aromatic N) is 1. The van der Waals surface area contributed by atoms with Gasteiger partial charge in [-0.15, -0.1) is 0 Å². The Labute approximate surface area is 120 Å². The van der Waals surface area contributed by atoms with E-state index in [1.54, 1.807) is 0 Å². The van der Waals surface area contributed by atoms with Gasteiger partial charge in [0, 0.05) is 12.2 Å². The topological polar surface area (TPSA) is 46.3 Å². The summed E-state index contributed by atoms with van der Waals surface area (Å²) in [6, 6.07) is 19.2. The van der Waals surface area contributed by atoms with E-state index in [-0.39, 0.29) is 5.91 Å². The number of rotatable bonds is 6. The molecule has 1 atom stereocenters. The average Bonchev–Trinajstić information content (AvgIpc) is 2.48. The Morgan fingerprint density at radius 2 is 1.60 bits per heavy atom. The largest absolute Gasteiger partial charge is 0.368 e. The lowest BCUT2D eigenvalue weighted by Gasteiger charge is -2.31. The number of carbonyl (C=O) groups excluding carboxylic acids is 1. The van der Waals surface area contributed by atoms with Gasteiger partial charge in [-0.25, -0.2) is 0 Å². The third-order valence-electron chi connectivity index (χ3n) is 3.25. The number of carbonyl (C=O) groups is 1. The SMILES string of the molecule is CCCN(c1ccccc1)C(C(N)=O)c1ccccc1. The summed E-state index contributed by atoms with van der Waals surface area (Å²) in [5.74, 6) is -0.325. The van der Waals surface area contributed by atoms with Crippen molar-refractivity contribution in [1.29, 1.82) is 0 Å². The molecule has 0 aliphatic carbocycles. The molecule has 1 unspecified atom stereocenters. The summed E-state index contributed by atoms with van der Waals surface area (Å²) in [6.07, 6.45) is 0.950. The lowest BCUT2D eigenvalue weighted by Crippen LogP contribution is -2.38. The van der Waals surface area contributed by atoms with Crippen molar-refractivity contribution in [3.05, 3.63) is 66.2 Å². The predicted octanol–water partition coefficient (Wildman–Crippen LogP) is 3.13. The number of primary amides is 1. The lowest BCUT2D eigenvalue weighted by atomic mass is 10.0. The van der Waals surface area contributed by atoms with Crippen LogP contribution < -0.4 is 10.6 Å². The smallest absolute Gasteiger partial charge is 0.244 e. The standard InChI is InChI=1S/C17H20N2O/c1-2-13-19(15-11-7-4-8-12-15)16(17(18)20)14-9-5-3-6-10-14/h3-12,16H,2,13H2,1H3,(H2,18,20). The van der Waals surface area contributed by atoms with Crippen molar-refractivity contribution in [3.63, 3.8) is 0 Å². The molecule has 2 N–H and O–H groups in total. The van der Waals surface area contributed by atoms with Gasteiger partial charge in [0.2, 0.25) is 5.91 Å². The molecule has 2 aromatic carbocycles. The van der Waals surface area contributed by atoms with Gasteiger partial charge in [0.25, 0.3) is 0 Å². The van der Waals surface area contributed by atoms with E-state index in [4.69, 9.17) is 5.73 Å². The van der Waals surface area contributed by atoms with E-state index >= 15 is 0 Å². The van der Waals surface area contributed by atoms with Crippen molar-refractivity contribution >= 4 is 11.6 Å². The lowest BCUT2D eigenvalue weighted by molar-refractivity contribution is -0.119. The summed E-state index contributed by atoms with van der Waals surface area (Å²) >= 11 is 0. The highest BCUT2D eigenvalue weighted by Gasteiger charge is 2.25. The van der Waals surface area contributed by atoms with Crippen molar-refractivity contribution in [2.24, 2.45) is 5.73 Å². The minimum Gasteiger partial charge on any atom is -0.368 e. The average molecular weight is 268 g/mol. The molecule has 0 heterocycles. The summed E-state index contributed by atoms with van der Waals surface area (Å²) in [7, 11) is 0. The van der Waals surface area contributed by atoms with Gasteiger partial charge in [-0.05, 0) is 24.1 Å². The molecule has 0 aromatic heterocycles. The van der Waals surface area contributed by atoms with E-state index in [0.29, 0.717) is 0 Å². The fourth-order valence-electron chi connectivity index (χ4n) is 2.40. The van der Waals surface area contributed by atoms with Crippen molar-refractivity contribution in [2.45, 2.75) is 19.4 Å². The molecular formula is C17H20N2O. The Morgan fingerprint density at radius 3 is 2.10 bits per heavy atom. The number of hydrogen-bond donors (Lipinski definition) is 1. The van der Waals surface area contributed by atoms with Gasteiger partial charge in [0.1, 0.15) is 6.04 Å². The minimum absolute atomic E-state index is 0.325. The van der Waals surface area contributed by atoms with Crippen LogP contribution in [0.2, 0.25) is 0 Å². The van der Waals surface area contributed by atoms with E-state index in [9.17, 15) is 4.79 Å². The maximum atomic E-state index is 12.0. The van der Waals surface area contributed by atoms with Gasteiger partial charge in [0.05, 0.1) is 0 Å². The van der Waals surface area contributed by atoms with E-state index < -0.39 is 6.04 Å². The highest BCUT2D eigenvalue weighted by atomic mass is 16.1. The highest BCUT2D eigenvalue weighted by molar-refractivity contribution is 5.85. The van der Waals surface area contributed by atoms with Gasteiger partial charge in [-0.1, -0.05) is 55.5 Å². The van der Waals surface area contributed by atoms with Gasteiger partial charge >= 0.3 is 0 Å². The number of amides is 1. The molecule has 0 saturated heterocycles. The molecule has 0 fully saturated rings. The zero-order chi connectivity index (χ0) is 14.4. The molecule has 3 heteroatoms. The number of hydrogen-bond acceptors (Lipinski definition) is 2. The van der Waals surface area contributed by atoms with Gasteiger partial charge < -0.3 is 10.6 Å². The summed E-state index contributed by atoms with van der Waals surface area (Å²) < 4.78 is 0. The van der Waals surface area contributed by atoms with Crippen LogP contribution in [0.3, 0.4) is 0 Å². The third-order valence-corrected chi connectivity index (χ3v) is 3.25. The van der Waals surface area contributed by atoms with Crippen molar-refractivity contribution in [3.8, 4) is 0 Å². The molecule has 20 heavy (non-hydrogen) atoms. The van der Waals surface area contributed by atoms with Crippen molar-refractivity contribution in [2.75, 3.05) is 11.4 Å². The van der Waals surface area contributed by atoms with Crippen LogP contribution in [-0.2, 0) is 4.79 Å². The zero-order valence-corrected chi connectivity index (χ0v) is 11.7. The molecular weight excluding hydrogens is 248 g/mol. The molecule has 0 spiro atoms.